The maximum atomic E-state index is 13.9. The first-order chi connectivity index (χ1) is 21.8. The Balaban J connectivity index is 1.11. The number of piperazine rings is 1. The summed E-state index contributed by atoms with van der Waals surface area (Å²) in [4.78, 5) is 49.1. The molecule has 3 fully saturated rings. The van der Waals surface area contributed by atoms with Crippen LogP contribution < -0.4 is 16.4 Å². The van der Waals surface area contributed by atoms with Crippen molar-refractivity contribution >= 4 is 52.3 Å². The van der Waals surface area contributed by atoms with Crippen LogP contribution >= 0.6 is 22.9 Å². The van der Waals surface area contributed by atoms with Crippen molar-refractivity contribution in [2.75, 3.05) is 63.4 Å². The van der Waals surface area contributed by atoms with Crippen LogP contribution in [0.4, 0.5) is 21.0 Å². The van der Waals surface area contributed by atoms with E-state index in [0.717, 1.165) is 49.6 Å². The van der Waals surface area contributed by atoms with Gasteiger partial charge in [0.1, 0.15) is 0 Å². The molecule has 1 aromatic heterocycles. The van der Waals surface area contributed by atoms with Crippen molar-refractivity contribution in [2.24, 2.45) is 0 Å². The minimum absolute atomic E-state index is 0.0112. The molecule has 0 spiro atoms. The number of urea groups is 1. The summed E-state index contributed by atoms with van der Waals surface area (Å²) in [5.41, 5.74) is 8.32. The zero-order valence-corrected chi connectivity index (χ0v) is 26.9. The van der Waals surface area contributed by atoms with Crippen molar-refractivity contribution in [2.45, 2.75) is 56.8 Å². The van der Waals surface area contributed by atoms with Crippen molar-refractivity contribution in [3.05, 3.63) is 44.6 Å². The lowest BCUT2D eigenvalue weighted by molar-refractivity contribution is -0.143. The monoisotopic (exact) mass is 653 g/mol. The summed E-state index contributed by atoms with van der Waals surface area (Å²) in [6.07, 6.45) is 7.66. The molecule has 4 amide bonds. The zero-order chi connectivity index (χ0) is 31.5. The average molecular weight is 654 g/mol. The van der Waals surface area contributed by atoms with Gasteiger partial charge in [-0.15, -0.1) is 17.8 Å². The number of nitrogens with one attached hydrogen (secondary N) is 2. The Morgan fingerprint density at radius 2 is 1.80 bits per heavy atom. The molecule has 0 aliphatic carbocycles. The van der Waals surface area contributed by atoms with E-state index in [1.54, 1.807) is 33.3 Å². The molecule has 4 aliphatic heterocycles. The fourth-order valence-electron chi connectivity index (χ4n) is 6.83. The van der Waals surface area contributed by atoms with Gasteiger partial charge in [0.25, 0.3) is 5.91 Å². The SMILES string of the molecule is C#Cc1cc(C[C@@H](OC(=O)N2CCC(N3Cc4sccc4NC3=O)CC2)C(=O)N2CCN(C3CCNCC3)CC2)cc(Cl)c1N. The van der Waals surface area contributed by atoms with E-state index >= 15 is 0 Å². The first kappa shape index (κ1) is 31.5. The van der Waals surface area contributed by atoms with E-state index in [1.165, 1.54) is 0 Å². The number of nitrogen functional groups attached to an aromatic ring is 1. The molecule has 4 aliphatic rings. The number of benzene rings is 1. The third kappa shape index (κ3) is 7.02. The van der Waals surface area contributed by atoms with Gasteiger partial charge in [-0.3, -0.25) is 9.69 Å². The highest BCUT2D eigenvalue weighted by atomic mass is 35.5. The van der Waals surface area contributed by atoms with Crippen molar-refractivity contribution in [3.63, 3.8) is 0 Å². The Labute approximate surface area is 273 Å². The predicted octanol–water partition coefficient (Wildman–Crippen LogP) is 3.42. The third-order valence-corrected chi connectivity index (χ3v) is 10.7. The largest absolute Gasteiger partial charge is 0.436 e. The molecule has 0 bridgehead atoms. The fourth-order valence-corrected chi connectivity index (χ4v) is 7.90. The van der Waals surface area contributed by atoms with Crippen molar-refractivity contribution in [3.8, 4) is 12.3 Å². The second-order valence-corrected chi connectivity index (χ2v) is 13.5. The normalized spacial score (nSPS) is 20.7. The molecule has 240 valence electrons. The van der Waals surface area contributed by atoms with E-state index in [2.05, 4.69) is 21.5 Å². The molecule has 0 unspecified atom stereocenters. The minimum atomic E-state index is -1.05. The van der Waals surface area contributed by atoms with Crippen LogP contribution in [0.25, 0.3) is 0 Å². The van der Waals surface area contributed by atoms with Crippen LogP contribution in [-0.4, -0.2) is 108 Å². The summed E-state index contributed by atoms with van der Waals surface area (Å²) in [6, 6.07) is 5.75. The summed E-state index contributed by atoms with van der Waals surface area (Å²) in [5.74, 6) is 2.32. The van der Waals surface area contributed by atoms with Crippen molar-refractivity contribution in [1.82, 2.24) is 24.9 Å². The van der Waals surface area contributed by atoms with Gasteiger partial charge in [-0.25, -0.2) is 9.59 Å². The molecule has 2 aromatic rings. The number of fused-ring (bicyclic) bond motifs is 1. The molecule has 6 rings (SSSR count). The first-order valence-corrected chi connectivity index (χ1v) is 16.9. The number of amides is 4. The number of ether oxygens (including phenoxy) is 1. The molecule has 0 saturated carbocycles. The number of hydrogen-bond donors (Lipinski definition) is 3. The number of thiophene rings is 1. The van der Waals surface area contributed by atoms with Crippen LogP contribution in [0.15, 0.2) is 23.6 Å². The number of hydrogen-bond acceptors (Lipinski definition) is 8. The van der Waals surface area contributed by atoms with Gasteiger partial charge in [-0.05, 0) is 67.9 Å². The number of anilines is 2. The first-order valence-electron chi connectivity index (χ1n) is 15.7. The number of carbonyl (C=O) groups is 3. The number of carbonyl (C=O) groups excluding carboxylic acids is 3. The highest BCUT2D eigenvalue weighted by molar-refractivity contribution is 7.10. The van der Waals surface area contributed by atoms with Crippen LogP contribution in [0.1, 0.15) is 41.7 Å². The summed E-state index contributed by atoms with van der Waals surface area (Å²) < 4.78 is 5.99. The van der Waals surface area contributed by atoms with E-state index in [9.17, 15) is 14.4 Å². The van der Waals surface area contributed by atoms with E-state index in [4.69, 9.17) is 28.5 Å². The quantitative estimate of drug-likeness (QED) is 0.323. The van der Waals surface area contributed by atoms with Gasteiger partial charge in [-0.1, -0.05) is 17.5 Å². The molecule has 13 heteroatoms. The molecular formula is C32H40ClN7O4S. The van der Waals surface area contributed by atoms with Crippen molar-refractivity contribution in [1.29, 1.82) is 0 Å². The summed E-state index contributed by atoms with van der Waals surface area (Å²) in [7, 11) is 0. The molecular weight excluding hydrogens is 614 g/mol. The van der Waals surface area contributed by atoms with Gasteiger partial charge < -0.3 is 35.8 Å². The van der Waals surface area contributed by atoms with Gasteiger partial charge in [-0.2, -0.15) is 0 Å². The van der Waals surface area contributed by atoms with Gasteiger partial charge in [0.2, 0.25) is 0 Å². The Hall–Kier alpha value is -3.50. The van der Waals surface area contributed by atoms with E-state index in [-0.39, 0.29) is 24.4 Å². The third-order valence-electron chi connectivity index (χ3n) is 9.46. The number of nitrogens with two attached hydrogens (primary N) is 1. The molecule has 1 aromatic carbocycles. The van der Waals surface area contributed by atoms with E-state index in [0.29, 0.717) is 73.4 Å². The Bertz CT molecular complexity index is 1460. The number of terminal acetylenes is 1. The van der Waals surface area contributed by atoms with Crippen LogP contribution in [0.3, 0.4) is 0 Å². The van der Waals surface area contributed by atoms with Gasteiger partial charge in [0.15, 0.2) is 6.10 Å². The lowest BCUT2D eigenvalue weighted by Gasteiger charge is -2.42. The lowest BCUT2D eigenvalue weighted by Crippen LogP contribution is -2.56. The number of rotatable bonds is 6. The highest BCUT2D eigenvalue weighted by Gasteiger charge is 2.37. The lowest BCUT2D eigenvalue weighted by atomic mass is 10.0. The van der Waals surface area contributed by atoms with E-state index in [1.807, 2.05) is 16.3 Å². The maximum Gasteiger partial charge on any atom is 0.410 e. The number of nitrogens with zero attached hydrogens (tertiary/aromatic N) is 4. The summed E-state index contributed by atoms with van der Waals surface area (Å²) in [6.45, 7) is 6.18. The number of halogens is 1. The maximum absolute atomic E-state index is 13.9. The van der Waals surface area contributed by atoms with E-state index < -0.39 is 12.2 Å². The van der Waals surface area contributed by atoms with Gasteiger partial charge >= 0.3 is 12.1 Å². The zero-order valence-electron chi connectivity index (χ0n) is 25.3. The van der Waals surface area contributed by atoms with Gasteiger partial charge in [0, 0.05) is 68.2 Å². The highest BCUT2D eigenvalue weighted by Crippen LogP contribution is 2.32. The van der Waals surface area contributed by atoms with Crippen molar-refractivity contribution < 1.29 is 19.1 Å². The van der Waals surface area contributed by atoms with Crippen LogP contribution in [0.5, 0.6) is 0 Å². The molecule has 45 heavy (non-hydrogen) atoms. The molecule has 11 nitrogen and oxygen atoms in total. The van der Waals surface area contributed by atoms with Crippen LogP contribution in [-0.2, 0) is 22.5 Å². The minimum Gasteiger partial charge on any atom is -0.436 e. The molecule has 5 heterocycles. The topological polar surface area (TPSA) is 123 Å². The second-order valence-electron chi connectivity index (χ2n) is 12.1. The fraction of sp³-hybridized carbons (Fsp3) is 0.531. The van der Waals surface area contributed by atoms with Gasteiger partial charge in [0.05, 0.1) is 22.9 Å². The molecule has 0 radical (unpaired) electrons. The molecule has 1 atom stereocenters. The second kappa shape index (κ2) is 13.9. The standard InChI is InChI=1S/C32H40ClN7O4S/c1-2-22-17-21(18-25(33)29(22)34)19-27(30(41)38-14-12-37(13-15-38)23-3-8-35-9-4-23)44-32(43)39-10-5-24(6-11-39)40-20-28-26(7-16-45-28)36-31(40)42/h1,7,16-18,23-24,27,35H,3-6,8-15,19-20,34H2,(H,36,42)/t27-/m1/s1. The number of piperidine rings is 2. The van der Waals surface area contributed by atoms with Crippen LogP contribution in [0, 0.1) is 12.3 Å². The smallest absolute Gasteiger partial charge is 0.410 e. The molecule has 4 N–H and O–H groups in total. The van der Waals surface area contributed by atoms with Crippen LogP contribution in [0.2, 0.25) is 5.02 Å². The Kier molecular flexibility index (Phi) is 9.70. The summed E-state index contributed by atoms with van der Waals surface area (Å²) >= 11 is 7.99. The predicted molar refractivity (Wildman–Crippen MR) is 175 cm³/mol. The Morgan fingerprint density at radius 3 is 2.51 bits per heavy atom. The molecule has 3 saturated heterocycles. The Morgan fingerprint density at radius 1 is 1.07 bits per heavy atom. The number of likely N-dealkylation sites (tertiary alicyclic amines) is 1. The average Bonchev–Trinajstić information content (AvgIpc) is 3.53. The summed E-state index contributed by atoms with van der Waals surface area (Å²) in [5, 5.41) is 8.65.